The molecule has 2 rings (SSSR count). The monoisotopic (exact) mass is 255 g/mol. The minimum atomic E-state index is -2.38. The Morgan fingerprint density at radius 3 is 2.44 bits per heavy atom. The standard InChI is InChI=1S/C11H15F2N5/c1-17-4-2-9(15-17)6-14-7-10-3-5-18(16-10)8-11(12)13/h2-5,11,14H,6-8H2,1H3. The molecule has 0 unspecified atom stereocenters. The molecular formula is C11H15F2N5. The average molecular weight is 255 g/mol. The molecule has 0 aliphatic heterocycles. The summed E-state index contributed by atoms with van der Waals surface area (Å²) >= 11 is 0. The van der Waals surface area contributed by atoms with Crippen molar-refractivity contribution in [2.45, 2.75) is 26.1 Å². The van der Waals surface area contributed by atoms with Crippen LogP contribution in [0.2, 0.25) is 0 Å². The van der Waals surface area contributed by atoms with Crippen molar-refractivity contribution >= 4 is 0 Å². The largest absolute Gasteiger partial charge is 0.305 e. The van der Waals surface area contributed by atoms with Gasteiger partial charge in [0.2, 0.25) is 0 Å². The molecule has 7 heteroatoms. The van der Waals surface area contributed by atoms with Gasteiger partial charge >= 0.3 is 0 Å². The fourth-order valence-corrected chi connectivity index (χ4v) is 1.62. The van der Waals surface area contributed by atoms with Crippen molar-refractivity contribution in [1.29, 1.82) is 0 Å². The Balaban J connectivity index is 1.78. The molecule has 0 atom stereocenters. The highest BCUT2D eigenvalue weighted by atomic mass is 19.3. The SMILES string of the molecule is Cn1ccc(CNCc2ccn(CC(F)F)n2)n1. The van der Waals surface area contributed by atoms with E-state index in [1.165, 1.54) is 4.68 Å². The van der Waals surface area contributed by atoms with Gasteiger partial charge in [0.05, 0.1) is 11.4 Å². The van der Waals surface area contributed by atoms with Crippen molar-refractivity contribution in [3.05, 3.63) is 35.9 Å². The van der Waals surface area contributed by atoms with Crippen LogP contribution in [0.1, 0.15) is 11.4 Å². The predicted molar refractivity (Wildman–Crippen MR) is 62.0 cm³/mol. The lowest BCUT2D eigenvalue weighted by atomic mass is 10.4. The fourth-order valence-electron chi connectivity index (χ4n) is 1.62. The topological polar surface area (TPSA) is 47.7 Å². The number of aromatic nitrogens is 4. The first-order valence-electron chi connectivity index (χ1n) is 5.63. The molecule has 2 aromatic rings. The Bertz CT molecular complexity index is 491. The molecule has 98 valence electrons. The zero-order valence-electron chi connectivity index (χ0n) is 10.1. The molecule has 0 aliphatic rings. The van der Waals surface area contributed by atoms with Gasteiger partial charge in [-0.25, -0.2) is 8.78 Å². The van der Waals surface area contributed by atoms with Gasteiger partial charge in [0.15, 0.2) is 0 Å². The van der Waals surface area contributed by atoms with Gasteiger partial charge in [-0.15, -0.1) is 0 Å². The van der Waals surface area contributed by atoms with Gasteiger partial charge in [-0.05, 0) is 12.1 Å². The molecule has 5 nitrogen and oxygen atoms in total. The molecule has 0 saturated carbocycles. The number of hydrogen-bond donors (Lipinski definition) is 1. The van der Waals surface area contributed by atoms with Crippen LogP contribution in [0.25, 0.3) is 0 Å². The second-order valence-corrected chi connectivity index (χ2v) is 4.00. The van der Waals surface area contributed by atoms with Crippen LogP contribution in [0.4, 0.5) is 8.78 Å². The molecule has 0 aromatic carbocycles. The van der Waals surface area contributed by atoms with Gasteiger partial charge in [-0.3, -0.25) is 9.36 Å². The van der Waals surface area contributed by atoms with Crippen molar-refractivity contribution in [2.75, 3.05) is 0 Å². The first-order chi connectivity index (χ1) is 8.63. The summed E-state index contributed by atoms with van der Waals surface area (Å²) in [6.07, 6.45) is 1.05. The predicted octanol–water partition coefficient (Wildman–Crippen LogP) is 1.17. The molecule has 0 aliphatic carbocycles. The summed E-state index contributed by atoms with van der Waals surface area (Å²) in [6.45, 7) is 0.801. The average Bonchev–Trinajstić information content (AvgIpc) is 2.88. The van der Waals surface area contributed by atoms with E-state index in [0.29, 0.717) is 13.1 Å². The Morgan fingerprint density at radius 1 is 1.17 bits per heavy atom. The van der Waals surface area contributed by atoms with Crippen LogP contribution in [-0.2, 0) is 26.7 Å². The second-order valence-electron chi connectivity index (χ2n) is 4.00. The van der Waals surface area contributed by atoms with E-state index in [4.69, 9.17) is 0 Å². The van der Waals surface area contributed by atoms with E-state index in [1.807, 2.05) is 19.3 Å². The number of rotatable bonds is 6. The van der Waals surface area contributed by atoms with Gasteiger partial charge in [0.25, 0.3) is 6.43 Å². The number of aryl methyl sites for hydroxylation is 1. The third kappa shape index (κ3) is 3.63. The zero-order chi connectivity index (χ0) is 13.0. The highest BCUT2D eigenvalue weighted by molar-refractivity contribution is 5.01. The normalized spacial score (nSPS) is 11.3. The maximum absolute atomic E-state index is 12.1. The van der Waals surface area contributed by atoms with Crippen molar-refractivity contribution in [1.82, 2.24) is 24.9 Å². The van der Waals surface area contributed by atoms with Crippen molar-refractivity contribution in [3.63, 3.8) is 0 Å². The molecule has 0 spiro atoms. The van der Waals surface area contributed by atoms with E-state index in [-0.39, 0.29) is 6.54 Å². The van der Waals surface area contributed by atoms with E-state index >= 15 is 0 Å². The van der Waals surface area contributed by atoms with Crippen molar-refractivity contribution in [3.8, 4) is 0 Å². The van der Waals surface area contributed by atoms with Gasteiger partial charge in [0.1, 0.15) is 6.54 Å². The van der Waals surface area contributed by atoms with Crippen LogP contribution in [0.5, 0.6) is 0 Å². The number of alkyl halides is 2. The smallest absolute Gasteiger partial charge is 0.257 e. The molecule has 0 amide bonds. The molecular weight excluding hydrogens is 240 g/mol. The van der Waals surface area contributed by atoms with Gasteiger partial charge in [-0.1, -0.05) is 0 Å². The third-order valence-electron chi connectivity index (χ3n) is 2.40. The zero-order valence-corrected chi connectivity index (χ0v) is 10.1. The van der Waals surface area contributed by atoms with Crippen LogP contribution in [0, 0.1) is 0 Å². The summed E-state index contributed by atoms with van der Waals surface area (Å²) in [5.41, 5.74) is 1.68. The maximum atomic E-state index is 12.1. The molecule has 1 N–H and O–H groups in total. The summed E-state index contributed by atoms with van der Waals surface area (Å²) in [5.74, 6) is 0. The molecule has 2 heterocycles. The van der Waals surface area contributed by atoms with Gasteiger partial charge < -0.3 is 5.32 Å². The van der Waals surface area contributed by atoms with E-state index in [2.05, 4.69) is 15.5 Å². The molecule has 0 saturated heterocycles. The number of halogens is 2. The van der Waals surface area contributed by atoms with Crippen LogP contribution in [0.15, 0.2) is 24.5 Å². The Morgan fingerprint density at radius 2 is 1.83 bits per heavy atom. The fraction of sp³-hybridized carbons (Fsp3) is 0.455. The summed E-state index contributed by atoms with van der Waals surface area (Å²) in [5, 5.41) is 11.4. The summed E-state index contributed by atoms with van der Waals surface area (Å²) in [7, 11) is 1.86. The van der Waals surface area contributed by atoms with Crippen LogP contribution in [-0.4, -0.2) is 26.0 Å². The highest BCUT2D eigenvalue weighted by Crippen LogP contribution is 2.01. The maximum Gasteiger partial charge on any atom is 0.257 e. The second kappa shape index (κ2) is 5.72. The molecule has 0 fully saturated rings. The lowest BCUT2D eigenvalue weighted by molar-refractivity contribution is 0.121. The highest BCUT2D eigenvalue weighted by Gasteiger charge is 2.05. The molecule has 0 bridgehead atoms. The van der Waals surface area contributed by atoms with Gasteiger partial charge in [0, 0.05) is 32.5 Å². The first-order valence-corrected chi connectivity index (χ1v) is 5.63. The number of nitrogens with one attached hydrogen (secondary N) is 1. The minimum Gasteiger partial charge on any atom is -0.305 e. The summed E-state index contributed by atoms with van der Waals surface area (Å²) in [4.78, 5) is 0. The van der Waals surface area contributed by atoms with Crippen LogP contribution < -0.4 is 5.32 Å². The lowest BCUT2D eigenvalue weighted by Gasteiger charge is -2.01. The Hall–Kier alpha value is -1.76. The van der Waals surface area contributed by atoms with Crippen molar-refractivity contribution < 1.29 is 8.78 Å². The minimum absolute atomic E-state index is 0.361. The quantitative estimate of drug-likeness (QED) is 0.843. The number of hydrogen-bond acceptors (Lipinski definition) is 3. The Labute approximate surface area is 103 Å². The van der Waals surface area contributed by atoms with Crippen LogP contribution >= 0.6 is 0 Å². The first kappa shape index (κ1) is 12.7. The van der Waals surface area contributed by atoms with Gasteiger partial charge in [-0.2, -0.15) is 10.2 Å². The molecule has 18 heavy (non-hydrogen) atoms. The summed E-state index contributed by atoms with van der Waals surface area (Å²) < 4.78 is 27.2. The molecule has 0 radical (unpaired) electrons. The van der Waals surface area contributed by atoms with E-state index in [9.17, 15) is 8.78 Å². The summed E-state index contributed by atoms with van der Waals surface area (Å²) in [6, 6.07) is 3.65. The van der Waals surface area contributed by atoms with E-state index in [0.717, 1.165) is 11.4 Å². The van der Waals surface area contributed by atoms with E-state index < -0.39 is 6.43 Å². The third-order valence-corrected chi connectivity index (χ3v) is 2.40. The van der Waals surface area contributed by atoms with Crippen molar-refractivity contribution in [2.24, 2.45) is 7.05 Å². The van der Waals surface area contributed by atoms with Crippen LogP contribution in [0.3, 0.4) is 0 Å². The number of nitrogens with zero attached hydrogens (tertiary/aromatic N) is 4. The lowest BCUT2D eigenvalue weighted by Crippen LogP contribution is -2.14. The van der Waals surface area contributed by atoms with E-state index in [1.54, 1.807) is 16.9 Å². The Kier molecular flexibility index (Phi) is 4.03. The molecule has 2 aromatic heterocycles.